The first-order valence-electron chi connectivity index (χ1n) is 10.3. The zero-order chi connectivity index (χ0) is 22.1. The standard InChI is InChI=1S/C22H24ClNO7/c1-21(2)28-17-12(27-20-19(18(17)29-21)30-22(3,4)31-20)9-24-14-13(23)15(25)10-7-5-6-8-11(10)16(14)26/h5-8,12,17-20,24H,9H2,1-4H3/t12-,17+,18+,19-,20-/m1/s1. The van der Waals surface area contributed by atoms with Crippen LogP contribution in [0, 0.1) is 0 Å². The zero-order valence-corrected chi connectivity index (χ0v) is 18.4. The van der Waals surface area contributed by atoms with Crippen LogP contribution in [-0.4, -0.2) is 60.4 Å². The van der Waals surface area contributed by atoms with Gasteiger partial charge < -0.3 is 29.0 Å². The number of ether oxygens (including phenoxy) is 5. The number of carbonyl (C=O) groups is 2. The lowest BCUT2D eigenvalue weighted by Gasteiger charge is -2.37. The molecule has 4 aliphatic rings. The Labute approximate surface area is 184 Å². The molecule has 0 spiro atoms. The average Bonchev–Trinajstić information content (AvgIpc) is 3.20. The summed E-state index contributed by atoms with van der Waals surface area (Å²) < 4.78 is 30.2. The first-order chi connectivity index (χ1) is 14.6. The zero-order valence-electron chi connectivity index (χ0n) is 17.6. The number of nitrogens with one attached hydrogen (secondary N) is 1. The van der Waals surface area contributed by atoms with Crippen LogP contribution < -0.4 is 5.32 Å². The van der Waals surface area contributed by atoms with E-state index in [0.29, 0.717) is 11.1 Å². The van der Waals surface area contributed by atoms with Crippen molar-refractivity contribution in [2.45, 2.75) is 70.0 Å². The van der Waals surface area contributed by atoms with E-state index in [1.54, 1.807) is 24.3 Å². The van der Waals surface area contributed by atoms with Crippen molar-refractivity contribution < 1.29 is 33.3 Å². The summed E-state index contributed by atoms with van der Waals surface area (Å²) in [6.45, 7) is 7.44. The summed E-state index contributed by atoms with van der Waals surface area (Å²) >= 11 is 6.26. The Morgan fingerprint density at radius 2 is 1.45 bits per heavy atom. The maximum atomic E-state index is 12.9. The van der Waals surface area contributed by atoms with Gasteiger partial charge in [0.25, 0.3) is 0 Å². The van der Waals surface area contributed by atoms with Crippen molar-refractivity contribution in [2.75, 3.05) is 6.54 Å². The molecule has 3 fully saturated rings. The lowest BCUT2D eigenvalue weighted by atomic mass is 9.92. The largest absolute Gasteiger partial charge is 0.378 e. The quantitative estimate of drug-likeness (QED) is 0.752. The molecule has 0 amide bonds. The Kier molecular flexibility index (Phi) is 4.82. The third-order valence-corrected chi connectivity index (χ3v) is 6.15. The summed E-state index contributed by atoms with van der Waals surface area (Å²) in [4.78, 5) is 25.6. The highest BCUT2D eigenvalue weighted by atomic mass is 35.5. The number of carbonyl (C=O) groups excluding carboxylic acids is 2. The molecule has 1 N–H and O–H groups in total. The van der Waals surface area contributed by atoms with Gasteiger partial charge in [-0.1, -0.05) is 35.9 Å². The third kappa shape index (κ3) is 3.51. The maximum absolute atomic E-state index is 12.9. The van der Waals surface area contributed by atoms with E-state index in [1.807, 2.05) is 27.7 Å². The highest BCUT2D eigenvalue weighted by Gasteiger charge is 2.60. The second-order valence-electron chi connectivity index (χ2n) is 8.98. The van der Waals surface area contributed by atoms with Crippen molar-refractivity contribution in [1.82, 2.24) is 5.32 Å². The minimum absolute atomic E-state index is 0.0507. The highest BCUT2D eigenvalue weighted by Crippen LogP contribution is 2.44. The van der Waals surface area contributed by atoms with Crippen LogP contribution in [0.4, 0.5) is 0 Å². The lowest BCUT2D eigenvalue weighted by Crippen LogP contribution is -2.57. The third-order valence-electron chi connectivity index (χ3n) is 5.79. The van der Waals surface area contributed by atoms with Crippen LogP contribution in [0.2, 0.25) is 0 Å². The second-order valence-corrected chi connectivity index (χ2v) is 9.36. The van der Waals surface area contributed by atoms with Gasteiger partial charge in [-0.3, -0.25) is 9.59 Å². The highest BCUT2D eigenvalue weighted by molar-refractivity contribution is 6.49. The van der Waals surface area contributed by atoms with Gasteiger partial charge in [0.1, 0.15) is 35.1 Å². The number of benzene rings is 1. The Morgan fingerprint density at radius 1 is 0.871 bits per heavy atom. The number of ketones is 2. The summed E-state index contributed by atoms with van der Waals surface area (Å²) in [5.41, 5.74) is 0.667. The first kappa shape index (κ1) is 21.1. The summed E-state index contributed by atoms with van der Waals surface area (Å²) in [5.74, 6) is -2.37. The maximum Gasteiger partial charge on any atom is 0.211 e. The summed E-state index contributed by atoms with van der Waals surface area (Å²) in [6, 6.07) is 6.61. The molecule has 0 bridgehead atoms. The molecule has 8 nitrogen and oxygen atoms in total. The molecule has 5 atom stereocenters. The van der Waals surface area contributed by atoms with Crippen LogP contribution in [0.25, 0.3) is 0 Å². The predicted molar refractivity (Wildman–Crippen MR) is 109 cm³/mol. The SMILES string of the molecule is CC1(C)O[C@H]2[C@@H](O1)[C@@H](CNC1=C(Cl)C(=O)c3ccccc3C1=O)O[C@@H]1OC(C)(C)O[C@@H]12. The number of fused-ring (bicyclic) bond motifs is 4. The molecule has 1 aromatic rings. The van der Waals surface area contributed by atoms with Crippen LogP contribution in [0.5, 0.6) is 0 Å². The van der Waals surface area contributed by atoms with Crippen LogP contribution in [-0.2, 0) is 23.7 Å². The van der Waals surface area contributed by atoms with Gasteiger partial charge in [-0.15, -0.1) is 0 Å². The number of allylic oxidation sites excluding steroid dienone is 2. The van der Waals surface area contributed by atoms with E-state index in [4.69, 9.17) is 35.3 Å². The first-order valence-corrected chi connectivity index (χ1v) is 10.6. The summed E-state index contributed by atoms with van der Waals surface area (Å²) in [5, 5.41) is 2.88. The molecule has 0 radical (unpaired) electrons. The van der Waals surface area contributed by atoms with Crippen molar-refractivity contribution in [3.05, 3.63) is 46.1 Å². The average molecular weight is 450 g/mol. The Bertz CT molecular complexity index is 988. The predicted octanol–water partition coefficient (Wildman–Crippen LogP) is 2.50. The molecule has 3 aliphatic heterocycles. The molecule has 0 unspecified atom stereocenters. The molecule has 31 heavy (non-hydrogen) atoms. The fourth-order valence-corrected chi connectivity index (χ4v) is 4.82. The summed E-state index contributed by atoms with van der Waals surface area (Å²) in [6.07, 6.45) is -2.47. The van der Waals surface area contributed by atoms with Gasteiger partial charge in [-0.2, -0.15) is 0 Å². The topological polar surface area (TPSA) is 92.3 Å². The fraction of sp³-hybridized carbons (Fsp3) is 0.545. The van der Waals surface area contributed by atoms with Crippen LogP contribution >= 0.6 is 11.6 Å². The van der Waals surface area contributed by atoms with E-state index in [2.05, 4.69) is 5.32 Å². The molecule has 3 heterocycles. The van der Waals surface area contributed by atoms with Crippen LogP contribution in [0.3, 0.4) is 0 Å². The van der Waals surface area contributed by atoms with E-state index in [1.165, 1.54) is 0 Å². The normalized spacial score (nSPS) is 35.6. The number of rotatable bonds is 3. The van der Waals surface area contributed by atoms with Crippen molar-refractivity contribution in [2.24, 2.45) is 0 Å². The van der Waals surface area contributed by atoms with Gasteiger partial charge in [-0.25, -0.2) is 0 Å². The van der Waals surface area contributed by atoms with Gasteiger partial charge in [0, 0.05) is 17.7 Å². The number of hydrogen-bond acceptors (Lipinski definition) is 8. The minimum Gasteiger partial charge on any atom is -0.378 e. The van der Waals surface area contributed by atoms with E-state index < -0.39 is 48.1 Å². The monoisotopic (exact) mass is 449 g/mol. The molecule has 0 aromatic heterocycles. The number of Topliss-reactive ketones (excluding diaryl/α,β-unsaturated/α-hetero) is 2. The Morgan fingerprint density at radius 3 is 2.16 bits per heavy atom. The van der Waals surface area contributed by atoms with E-state index in [-0.39, 0.29) is 23.1 Å². The van der Waals surface area contributed by atoms with E-state index >= 15 is 0 Å². The van der Waals surface area contributed by atoms with Crippen molar-refractivity contribution in [3.63, 3.8) is 0 Å². The van der Waals surface area contributed by atoms with E-state index in [9.17, 15) is 9.59 Å². The van der Waals surface area contributed by atoms with Crippen molar-refractivity contribution in [3.8, 4) is 0 Å². The molecular weight excluding hydrogens is 426 g/mol. The molecule has 1 aliphatic carbocycles. The van der Waals surface area contributed by atoms with Gasteiger partial charge in [0.2, 0.25) is 11.6 Å². The van der Waals surface area contributed by atoms with Gasteiger partial charge in [0.15, 0.2) is 17.9 Å². The summed E-state index contributed by atoms with van der Waals surface area (Å²) in [7, 11) is 0. The molecule has 5 rings (SSSR count). The Balaban J connectivity index is 1.38. The smallest absolute Gasteiger partial charge is 0.211 e. The van der Waals surface area contributed by atoms with E-state index in [0.717, 1.165) is 0 Å². The van der Waals surface area contributed by atoms with Crippen LogP contribution in [0.15, 0.2) is 35.0 Å². The molecule has 9 heteroatoms. The molecule has 0 saturated carbocycles. The van der Waals surface area contributed by atoms with Crippen molar-refractivity contribution in [1.29, 1.82) is 0 Å². The van der Waals surface area contributed by atoms with Gasteiger partial charge in [0.05, 0.1) is 0 Å². The molecular formula is C22H24ClNO7. The molecule has 166 valence electrons. The van der Waals surface area contributed by atoms with Crippen LogP contribution in [0.1, 0.15) is 48.4 Å². The minimum atomic E-state index is -0.825. The van der Waals surface area contributed by atoms with Gasteiger partial charge in [-0.05, 0) is 27.7 Å². The number of hydrogen-bond donors (Lipinski definition) is 1. The lowest BCUT2D eigenvalue weighted by molar-refractivity contribution is -0.232. The number of halogens is 1. The van der Waals surface area contributed by atoms with Gasteiger partial charge >= 0.3 is 0 Å². The Hall–Kier alpha value is -1.81. The fourth-order valence-electron chi connectivity index (χ4n) is 4.56. The second kappa shape index (κ2) is 7.10. The molecule has 3 saturated heterocycles. The molecule has 1 aromatic carbocycles. The van der Waals surface area contributed by atoms with Crippen molar-refractivity contribution >= 4 is 23.2 Å².